The summed E-state index contributed by atoms with van der Waals surface area (Å²) >= 11 is 0. The molecule has 0 atom stereocenters. The van der Waals surface area contributed by atoms with Crippen molar-refractivity contribution in [2.45, 2.75) is 0 Å². The molecule has 2 rings (SSSR count). The van der Waals surface area contributed by atoms with Crippen LogP contribution < -0.4 is 4.74 Å². The van der Waals surface area contributed by atoms with E-state index in [-0.39, 0.29) is 0 Å². The van der Waals surface area contributed by atoms with E-state index in [0.717, 1.165) is 17.0 Å². The lowest BCUT2D eigenvalue weighted by Gasteiger charge is -2.02. The summed E-state index contributed by atoms with van der Waals surface area (Å²) in [6, 6.07) is 17.7. The number of allylic oxidation sites excluding steroid dienone is 1. The lowest BCUT2D eigenvalue weighted by molar-refractivity contribution is 0.414. The molecule has 0 radical (unpaired) electrons. The van der Waals surface area contributed by atoms with Crippen LogP contribution in [0.5, 0.6) is 5.75 Å². The fourth-order valence-corrected chi connectivity index (χ4v) is 1.59. The molecule has 0 spiro atoms. The maximum absolute atomic E-state index is 5.26. The Morgan fingerprint density at radius 3 is 2.44 bits per heavy atom. The quantitative estimate of drug-likeness (QED) is 0.733. The topological polar surface area (TPSA) is 21.6 Å². The van der Waals surface area contributed by atoms with Crippen molar-refractivity contribution >= 4 is 18.0 Å². The van der Waals surface area contributed by atoms with E-state index in [9.17, 15) is 0 Å². The first-order valence-corrected chi connectivity index (χ1v) is 5.79. The van der Waals surface area contributed by atoms with E-state index in [4.69, 9.17) is 4.74 Å². The zero-order chi connectivity index (χ0) is 12.6. The van der Waals surface area contributed by atoms with Gasteiger partial charge in [-0.1, -0.05) is 36.4 Å². The molecular formula is C16H15NO. The number of methoxy groups -OCH3 is 1. The highest BCUT2D eigenvalue weighted by molar-refractivity contribution is 5.81. The molecule has 2 nitrogen and oxygen atoms in total. The highest BCUT2D eigenvalue weighted by Gasteiger charge is 1.94. The van der Waals surface area contributed by atoms with Gasteiger partial charge in [-0.05, 0) is 30.4 Å². The maximum atomic E-state index is 5.26. The van der Waals surface area contributed by atoms with Crippen molar-refractivity contribution in [1.82, 2.24) is 0 Å². The van der Waals surface area contributed by atoms with Crippen LogP contribution in [0.3, 0.4) is 0 Å². The summed E-state index contributed by atoms with van der Waals surface area (Å²) in [5.74, 6) is 0.863. The van der Waals surface area contributed by atoms with Gasteiger partial charge >= 0.3 is 0 Å². The summed E-state index contributed by atoms with van der Waals surface area (Å²) in [5.41, 5.74) is 1.99. The largest absolute Gasteiger partial charge is 0.496 e. The van der Waals surface area contributed by atoms with E-state index in [2.05, 4.69) is 4.99 Å². The fraction of sp³-hybridized carbons (Fsp3) is 0.0625. The van der Waals surface area contributed by atoms with Crippen LogP contribution in [0.25, 0.3) is 6.08 Å². The summed E-state index contributed by atoms with van der Waals surface area (Å²) in [5, 5.41) is 0. The van der Waals surface area contributed by atoms with E-state index >= 15 is 0 Å². The first kappa shape index (κ1) is 12.1. The Morgan fingerprint density at radius 1 is 0.944 bits per heavy atom. The molecule has 0 fully saturated rings. The van der Waals surface area contributed by atoms with E-state index in [0.29, 0.717) is 0 Å². The summed E-state index contributed by atoms with van der Waals surface area (Å²) in [6.45, 7) is 0. The van der Waals surface area contributed by atoms with Gasteiger partial charge < -0.3 is 4.74 Å². The molecule has 2 aromatic rings. The number of para-hydroxylation sites is 2. The molecule has 0 bridgehead atoms. The third kappa shape index (κ3) is 3.32. The standard InChI is InChI=1S/C16H15NO/c1-18-16-12-6-5-8-14(16)9-7-13-17-15-10-3-2-4-11-15/h2-13H,1H3/b9-7+,17-13?. The van der Waals surface area contributed by atoms with Crippen LogP contribution in [-0.4, -0.2) is 13.3 Å². The average Bonchev–Trinajstić information content (AvgIpc) is 2.45. The Morgan fingerprint density at radius 2 is 1.67 bits per heavy atom. The SMILES string of the molecule is COc1ccccc1/C=C/C=Nc1ccccc1. The van der Waals surface area contributed by atoms with Gasteiger partial charge in [0, 0.05) is 11.8 Å². The maximum Gasteiger partial charge on any atom is 0.126 e. The van der Waals surface area contributed by atoms with Crippen LogP contribution in [0.15, 0.2) is 65.7 Å². The predicted octanol–water partition coefficient (Wildman–Crippen LogP) is 4.11. The van der Waals surface area contributed by atoms with Crippen molar-refractivity contribution in [1.29, 1.82) is 0 Å². The van der Waals surface area contributed by atoms with Gasteiger partial charge in [0.25, 0.3) is 0 Å². The van der Waals surface area contributed by atoms with Crippen molar-refractivity contribution in [2.24, 2.45) is 4.99 Å². The average molecular weight is 237 g/mol. The molecule has 0 aliphatic heterocycles. The molecule has 0 N–H and O–H groups in total. The van der Waals surface area contributed by atoms with Crippen LogP contribution in [0.4, 0.5) is 5.69 Å². The summed E-state index contributed by atoms with van der Waals surface area (Å²) < 4.78 is 5.26. The number of aliphatic imine (C=N–C) groups is 1. The molecule has 0 unspecified atom stereocenters. The zero-order valence-electron chi connectivity index (χ0n) is 10.3. The van der Waals surface area contributed by atoms with E-state index in [1.165, 1.54) is 0 Å². The van der Waals surface area contributed by atoms with Crippen LogP contribution in [0, 0.1) is 0 Å². The number of ether oxygens (including phenoxy) is 1. The molecule has 0 saturated heterocycles. The Bertz CT molecular complexity index is 544. The number of benzene rings is 2. The monoisotopic (exact) mass is 237 g/mol. The van der Waals surface area contributed by atoms with E-state index in [1.54, 1.807) is 13.3 Å². The highest BCUT2D eigenvalue weighted by Crippen LogP contribution is 2.18. The third-order valence-corrected chi connectivity index (χ3v) is 2.48. The van der Waals surface area contributed by atoms with Crippen molar-refractivity contribution in [3.05, 3.63) is 66.2 Å². The summed E-state index contributed by atoms with van der Waals surface area (Å²) in [6.07, 6.45) is 5.66. The molecule has 0 heterocycles. The first-order chi connectivity index (χ1) is 8.90. The summed E-state index contributed by atoms with van der Waals surface area (Å²) in [4.78, 5) is 4.32. The Labute approximate surface area is 107 Å². The number of hydrogen-bond acceptors (Lipinski definition) is 2. The van der Waals surface area contributed by atoms with Gasteiger partial charge in [0.2, 0.25) is 0 Å². The minimum absolute atomic E-state index is 0.863. The van der Waals surface area contributed by atoms with Gasteiger partial charge in [-0.2, -0.15) is 0 Å². The second-order valence-electron chi connectivity index (χ2n) is 3.71. The van der Waals surface area contributed by atoms with Crippen LogP contribution in [0.1, 0.15) is 5.56 Å². The summed E-state index contributed by atoms with van der Waals surface area (Å²) in [7, 11) is 1.67. The van der Waals surface area contributed by atoms with Crippen molar-refractivity contribution in [3.8, 4) is 5.75 Å². The lowest BCUT2D eigenvalue weighted by Crippen LogP contribution is -1.85. The smallest absolute Gasteiger partial charge is 0.126 e. The molecule has 0 aromatic heterocycles. The molecule has 0 saturated carbocycles. The van der Waals surface area contributed by atoms with Gasteiger partial charge in [-0.15, -0.1) is 0 Å². The molecule has 90 valence electrons. The van der Waals surface area contributed by atoms with Gasteiger partial charge in [-0.25, -0.2) is 0 Å². The van der Waals surface area contributed by atoms with Crippen molar-refractivity contribution in [2.75, 3.05) is 7.11 Å². The predicted molar refractivity (Wildman–Crippen MR) is 76.6 cm³/mol. The zero-order valence-corrected chi connectivity index (χ0v) is 10.3. The Hall–Kier alpha value is -2.35. The van der Waals surface area contributed by atoms with Gasteiger partial charge in [-0.3, -0.25) is 4.99 Å². The number of rotatable bonds is 4. The lowest BCUT2D eigenvalue weighted by atomic mass is 10.2. The fourth-order valence-electron chi connectivity index (χ4n) is 1.59. The molecule has 2 heteroatoms. The molecule has 0 aliphatic rings. The van der Waals surface area contributed by atoms with Gasteiger partial charge in [0.1, 0.15) is 5.75 Å². The Kier molecular flexibility index (Phi) is 4.31. The number of nitrogens with zero attached hydrogens (tertiary/aromatic N) is 1. The van der Waals surface area contributed by atoms with Gasteiger partial charge in [0.15, 0.2) is 0 Å². The second kappa shape index (κ2) is 6.40. The second-order valence-corrected chi connectivity index (χ2v) is 3.71. The van der Waals surface area contributed by atoms with Gasteiger partial charge in [0.05, 0.1) is 12.8 Å². The molecule has 0 aliphatic carbocycles. The molecule has 0 amide bonds. The molecule has 18 heavy (non-hydrogen) atoms. The van der Waals surface area contributed by atoms with Crippen LogP contribution in [0.2, 0.25) is 0 Å². The first-order valence-electron chi connectivity index (χ1n) is 5.79. The minimum atomic E-state index is 0.863. The van der Waals surface area contributed by atoms with Crippen molar-refractivity contribution in [3.63, 3.8) is 0 Å². The molecular weight excluding hydrogens is 222 g/mol. The van der Waals surface area contributed by atoms with E-state index < -0.39 is 0 Å². The van der Waals surface area contributed by atoms with Crippen LogP contribution >= 0.6 is 0 Å². The van der Waals surface area contributed by atoms with Crippen LogP contribution in [-0.2, 0) is 0 Å². The van der Waals surface area contributed by atoms with Crippen molar-refractivity contribution < 1.29 is 4.74 Å². The van der Waals surface area contributed by atoms with E-state index in [1.807, 2.05) is 66.7 Å². The highest BCUT2D eigenvalue weighted by atomic mass is 16.5. The normalized spacial score (nSPS) is 11.2. The third-order valence-electron chi connectivity index (χ3n) is 2.48. The number of hydrogen-bond donors (Lipinski definition) is 0. The molecule has 2 aromatic carbocycles. The minimum Gasteiger partial charge on any atom is -0.496 e. The Balaban J connectivity index is 2.06.